The van der Waals surface area contributed by atoms with E-state index in [0.29, 0.717) is 0 Å². The molecule has 6 nitrogen and oxygen atoms in total. The molecule has 0 aromatic heterocycles. The summed E-state index contributed by atoms with van der Waals surface area (Å²) in [5, 5.41) is 5.13. The lowest BCUT2D eigenvalue weighted by Crippen LogP contribution is -3.19. The summed E-state index contributed by atoms with van der Waals surface area (Å²) in [4.78, 5) is 25.0. The molecule has 6 heteroatoms. The predicted octanol–water partition coefficient (Wildman–Crippen LogP) is -0.309. The highest BCUT2D eigenvalue weighted by atomic mass is 16.5. The molecule has 0 aromatic rings. The van der Waals surface area contributed by atoms with E-state index in [4.69, 9.17) is 4.74 Å². The van der Waals surface area contributed by atoms with Crippen LogP contribution >= 0.6 is 0 Å². The minimum absolute atomic E-state index is 0.132. The van der Waals surface area contributed by atoms with Crippen molar-refractivity contribution >= 4 is 11.9 Å². The van der Waals surface area contributed by atoms with Crippen LogP contribution in [0.4, 0.5) is 4.79 Å². The van der Waals surface area contributed by atoms with Gasteiger partial charge in [-0.2, -0.15) is 0 Å². The maximum atomic E-state index is 12.1. The lowest BCUT2D eigenvalue weighted by atomic mass is 10.1. The number of imide groups is 1. The Morgan fingerprint density at radius 3 is 2.15 bits per heavy atom. The second kappa shape index (κ2) is 6.54. The Hall–Kier alpha value is -1.14. The maximum absolute atomic E-state index is 12.1. The largest absolute Gasteiger partial charge is 0.364 e. The lowest BCUT2D eigenvalue weighted by Gasteiger charge is -2.35. The van der Waals surface area contributed by atoms with Gasteiger partial charge < -0.3 is 15.0 Å². The highest BCUT2D eigenvalue weighted by molar-refractivity contribution is 5.96. The number of carbonyl (C=O) groups is 2. The number of nitrogens with one attached hydrogen (secondary N) is 3. The van der Waals surface area contributed by atoms with Gasteiger partial charge in [0.25, 0.3) is 5.91 Å². The van der Waals surface area contributed by atoms with Crippen molar-refractivity contribution in [2.45, 2.75) is 65.3 Å². The summed E-state index contributed by atoms with van der Waals surface area (Å²) >= 11 is 0. The van der Waals surface area contributed by atoms with Crippen LogP contribution in [0.1, 0.15) is 41.5 Å². The molecular weight excluding hydrogens is 258 g/mol. The fraction of sp³-hybridized carbons (Fsp3) is 0.857. The number of urea groups is 1. The minimum atomic E-state index is -0.442. The van der Waals surface area contributed by atoms with Gasteiger partial charge in [0.2, 0.25) is 0 Å². The molecule has 1 aliphatic rings. The monoisotopic (exact) mass is 286 g/mol. The van der Waals surface area contributed by atoms with Crippen molar-refractivity contribution < 1.29 is 19.2 Å². The van der Waals surface area contributed by atoms with E-state index < -0.39 is 6.03 Å². The zero-order valence-electron chi connectivity index (χ0n) is 13.4. The van der Waals surface area contributed by atoms with Crippen molar-refractivity contribution in [3.8, 4) is 0 Å². The Labute approximate surface area is 121 Å². The van der Waals surface area contributed by atoms with Gasteiger partial charge in [0.1, 0.15) is 25.3 Å². The highest BCUT2D eigenvalue weighted by Gasteiger charge is 2.33. The fourth-order valence-corrected chi connectivity index (χ4v) is 2.45. The van der Waals surface area contributed by atoms with Crippen LogP contribution in [-0.2, 0) is 9.53 Å². The molecule has 0 radical (unpaired) electrons. The number of quaternary nitrogens is 1. The molecule has 0 saturated carbocycles. The third kappa shape index (κ3) is 5.46. The van der Waals surface area contributed by atoms with Crippen LogP contribution in [0.2, 0.25) is 0 Å². The van der Waals surface area contributed by atoms with Crippen molar-refractivity contribution in [3.63, 3.8) is 0 Å². The summed E-state index contributed by atoms with van der Waals surface area (Å²) in [5.41, 5.74) is -0.359. The van der Waals surface area contributed by atoms with Crippen molar-refractivity contribution in [2.75, 3.05) is 13.1 Å². The first-order valence-electron chi connectivity index (χ1n) is 7.21. The molecule has 1 aliphatic heterocycles. The van der Waals surface area contributed by atoms with Crippen LogP contribution in [0.5, 0.6) is 0 Å². The SMILES string of the molecule is C[C@@H]1C[NH+]([C@@H](C)C(=O)NC(=O)NC(C)(C)C)C[C@@H](C)O1. The smallest absolute Gasteiger partial charge is 0.322 e. The average molecular weight is 286 g/mol. The second-order valence-corrected chi connectivity index (χ2v) is 6.74. The second-order valence-electron chi connectivity index (χ2n) is 6.74. The molecule has 3 amide bonds. The summed E-state index contributed by atoms with van der Waals surface area (Å²) in [6.45, 7) is 13.0. The molecule has 3 atom stereocenters. The van der Waals surface area contributed by atoms with Crippen LogP contribution in [0.15, 0.2) is 0 Å². The van der Waals surface area contributed by atoms with Crippen molar-refractivity contribution in [3.05, 3.63) is 0 Å². The third-order valence-electron chi connectivity index (χ3n) is 3.29. The Morgan fingerprint density at radius 1 is 1.20 bits per heavy atom. The molecule has 1 heterocycles. The van der Waals surface area contributed by atoms with Crippen LogP contribution < -0.4 is 15.5 Å². The number of rotatable bonds is 2. The maximum Gasteiger partial charge on any atom is 0.322 e. The van der Waals surface area contributed by atoms with Gasteiger partial charge in [0.15, 0.2) is 6.04 Å². The molecule has 0 unspecified atom stereocenters. The van der Waals surface area contributed by atoms with Crippen LogP contribution in [0.25, 0.3) is 0 Å². The van der Waals surface area contributed by atoms with E-state index in [9.17, 15) is 9.59 Å². The number of morpholine rings is 1. The minimum Gasteiger partial charge on any atom is -0.364 e. The van der Waals surface area contributed by atoms with Crippen molar-refractivity contribution in [2.24, 2.45) is 0 Å². The Morgan fingerprint density at radius 2 is 1.70 bits per heavy atom. The summed E-state index contributed by atoms with van der Waals surface area (Å²) < 4.78 is 5.66. The molecule has 3 N–H and O–H groups in total. The molecule has 0 aliphatic carbocycles. The van der Waals surface area contributed by atoms with E-state index in [1.165, 1.54) is 0 Å². The zero-order chi connectivity index (χ0) is 15.5. The Bertz CT molecular complexity index is 355. The van der Waals surface area contributed by atoms with E-state index in [0.717, 1.165) is 18.0 Å². The number of ether oxygens (including phenoxy) is 1. The summed E-state index contributed by atoms with van der Waals surface area (Å²) in [5.74, 6) is -0.247. The van der Waals surface area contributed by atoms with Gasteiger partial charge in [-0.05, 0) is 41.5 Å². The Balaban J connectivity index is 2.52. The van der Waals surface area contributed by atoms with Gasteiger partial charge >= 0.3 is 6.03 Å². The number of hydrogen-bond acceptors (Lipinski definition) is 3. The number of amides is 3. The first-order valence-corrected chi connectivity index (χ1v) is 7.21. The summed E-state index contributed by atoms with van der Waals surface area (Å²) in [6.07, 6.45) is 0.264. The topological polar surface area (TPSA) is 71.9 Å². The molecule has 1 fully saturated rings. The van der Waals surface area contributed by atoms with Gasteiger partial charge in [0, 0.05) is 5.54 Å². The Kier molecular flexibility index (Phi) is 5.53. The molecule has 116 valence electrons. The van der Waals surface area contributed by atoms with Gasteiger partial charge in [-0.25, -0.2) is 4.79 Å². The highest BCUT2D eigenvalue weighted by Crippen LogP contribution is 2.00. The third-order valence-corrected chi connectivity index (χ3v) is 3.29. The molecular formula is C14H28N3O3+. The van der Waals surface area contributed by atoms with Gasteiger partial charge in [-0.15, -0.1) is 0 Å². The molecule has 1 saturated heterocycles. The normalized spacial score (nSPS) is 28.6. The van der Waals surface area contributed by atoms with E-state index in [1.54, 1.807) is 0 Å². The van der Waals surface area contributed by atoms with Gasteiger partial charge in [0.05, 0.1) is 0 Å². The van der Waals surface area contributed by atoms with Gasteiger partial charge in [-0.3, -0.25) is 10.1 Å². The zero-order valence-corrected chi connectivity index (χ0v) is 13.4. The average Bonchev–Trinajstić information content (AvgIpc) is 2.23. The van der Waals surface area contributed by atoms with Crippen LogP contribution in [0, 0.1) is 0 Å². The van der Waals surface area contributed by atoms with Crippen molar-refractivity contribution in [1.29, 1.82) is 0 Å². The van der Waals surface area contributed by atoms with E-state index in [1.807, 2.05) is 41.5 Å². The first kappa shape index (κ1) is 16.9. The fourth-order valence-electron chi connectivity index (χ4n) is 2.45. The van der Waals surface area contributed by atoms with Crippen LogP contribution in [0.3, 0.4) is 0 Å². The summed E-state index contributed by atoms with van der Waals surface area (Å²) in [6, 6.07) is -0.711. The van der Waals surface area contributed by atoms with Crippen LogP contribution in [-0.4, -0.2) is 48.8 Å². The molecule has 0 bridgehead atoms. The van der Waals surface area contributed by atoms with Crippen molar-refractivity contribution in [1.82, 2.24) is 10.6 Å². The first-order chi connectivity index (χ1) is 9.08. The molecule has 0 aromatic carbocycles. The molecule has 0 spiro atoms. The van der Waals surface area contributed by atoms with E-state index in [-0.39, 0.29) is 29.7 Å². The predicted molar refractivity (Wildman–Crippen MR) is 76.6 cm³/mol. The molecule has 1 rings (SSSR count). The summed E-state index contributed by atoms with van der Waals surface area (Å²) in [7, 11) is 0. The quantitative estimate of drug-likeness (QED) is 0.652. The lowest BCUT2D eigenvalue weighted by molar-refractivity contribution is -0.928. The molecule has 20 heavy (non-hydrogen) atoms. The number of carbonyl (C=O) groups excluding carboxylic acids is 2. The van der Waals surface area contributed by atoms with E-state index in [2.05, 4.69) is 10.6 Å². The van der Waals surface area contributed by atoms with E-state index >= 15 is 0 Å². The standard InChI is InChI=1S/C14H27N3O3/c1-9-7-17(8-10(2)20-9)11(3)12(18)15-13(19)16-14(4,5)6/h9-11H,7-8H2,1-6H3,(H2,15,16,18,19)/p+1/t9-,10-,11+/m1/s1. The van der Waals surface area contributed by atoms with Gasteiger partial charge in [-0.1, -0.05) is 0 Å². The number of hydrogen-bond donors (Lipinski definition) is 3.